The lowest BCUT2D eigenvalue weighted by atomic mass is 9.86. The van der Waals surface area contributed by atoms with Gasteiger partial charge in [-0.2, -0.15) is 5.26 Å². The lowest BCUT2D eigenvalue weighted by molar-refractivity contribution is -0.124. The molecule has 0 aromatic heterocycles. The number of aliphatic hydroxyl groups excluding tert-OH is 1. The van der Waals surface area contributed by atoms with Crippen LogP contribution in [0.15, 0.2) is 0 Å². The first-order valence-electron chi connectivity index (χ1n) is 8.02. The van der Waals surface area contributed by atoms with Gasteiger partial charge in [0.1, 0.15) is 5.54 Å². The number of nitriles is 1. The molecule has 5 nitrogen and oxygen atoms in total. The molecular formula is C16H27N3O2. The molecule has 2 saturated carbocycles. The third-order valence-corrected chi connectivity index (χ3v) is 5.12. The first-order valence-corrected chi connectivity index (χ1v) is 8.02. The average Bonchev–Trinajstić information content (AvgIpc) is 3.32. The second-order valence-electron chi connectivity index (χ2n) is 6.91. The number of hydrogen-bond acceptors (Lipinski definition) is 4. The summed E-state index contributed by atoms with van der Waals surface area (Å²) in [4.78, 5) is 14.3. The van der Waals surface area contributed by atoms with E-state index in [1.165, 1.54) is 0 Å². The first kappa shape index (κ1) is 16.3. The summed E-state index contributed by atoms with van der Waals surface area (Å²) in [6, 6.07) is 2.67. The van der Waals surface area contributed by atoms with E-state index in [-0.39, 0.29) is 12.5 Å². The highest BCUT2D eigenvalue weighted by molar-refractivity contribution is 5.79. The van der Waals surface area contributed by atoms with E-state index in [0.29, 0.717) is 24.4 Å². The lowest BCUT2D eigenvalue weighted by Crippen LogP contribution is -2.51. The van der Waals surface area contributed by atoms with Crippen LogP contribution in [0.2, 0.25) is 0 Å². The smallest absolute Gasteiger partial charge is 0.235 e. The largest absolute Gasteiger partial charge is 0.396 e. The van der Waals surface area contributed by atoms with Crippen molar-refractivity contribution in [2.45, 2.75) is 57.0 Å². The zero-order chi connectivity index (χ0) is 15.5. The topological polar surface area (TPSA) is 76.4 Å². The van der Waals surface area contributed by atoms with Crippen molar-refractivity contribution in [1.29, 1.82) is 5.26 Å². The predicted octanol–water partition coefficient (Wildman–Crippen LogP) is 1.28. The Morgan fingerprint density at radius 1 is 1.33 bits per heavy atom. The van der Waals surface area contributed by atoms with Crippen LogP contribution in [0.1, 0.15) is 45.4 Å². The summed E-state index contributed by atoms with van der Waals surface area (Å²) in [6.07, 6.45) is 6.20. The first-order chi connectivity index (χ1) is 9.98. The van der Waals surface area contributed by atoms with Crippen LogP contribution in [0.25, 0.3) is 0 Å². The summed E-state index contributed by atoms with van der Waals surface area (Å²) in [7, 11) is 1.98. The summed E-state index contributed by atoms with van der Waals surface area (Å²) >= 11 is 0. The van der Waals surface area contributed by atoms with Gasteiger partial charge in [-0.15, -0.1) is 0 Å². The van der Waals surface area contributed by atoms with E-state index in [4.69, 9.17) is 5.11 Å². The highest BCUT2D eigenvalue weighted by atomic mass is 16.3. The molecule has 5 heteroatoms. The minimum atomic E-state index is -0.702. The van der Waals surface area contributed by atoms with Gasteiger partial charge in [-0.1, -0.05) is 0 Å². The third kappa shape index (κ3) is 4.18. The Morgan fingerprint density at radius 3 is 2.43 bits per heavy atom. The maximum atomic E-state index is 12.2. The van der Waals surface area contributed by atoms with Crippen molar-refractivity contribution in [3.63, 3.8) is 0 Å². The van der Waals surface area contributed by atoms with Crippen molar-refractivity contribution in [2.75, 3.05) is 20.2 Å². The fraction of sp³-hybridized carbons (Fsp3) is 0.875. The van der Waals surface area contributed by atoms with E-state index >= 15 is 0 Å². The number of nitrogens with one attached hydrogen (secondary N) is 1. The zero-order valence-electron chi connectivity index (χ0n) is 13.1. The van der Waals surface area contributed by atoms with Gasteiger partial charge in [0, 0.05) is 12.6 Å². The van der Waals surface area contributed by atoms with Crippen LogP contribution >= 0.6 is 0 Å². The molecule has 1 amide bonds. The molecule has 0 aliphatic heterocycles. The lowest BCUT2D eigenvalue weighted by Gasteiger charge is -2.34. The molecular weight excluding hydrogens is 266 g/mol. The summed E-state index contributed by atoms with van der Waals surface area (Å²) in [5, 5.41) is 21.4. The van der Waals surface area contributed by atoms with Crippen LogP contribution in [0.3, 0.4) is 0 Å². The van der Waals surface area contributed by atoms with Crippen LogP contribution < -0.4 is 5.32 Å². The molecule has 0 spiro atoms. The third-order valence-electron chi connectivity index (χ3n) is 5.12. The highest BCUT2D eigenvalue weighted by Gasteiger charge is 2.43. The molecule has 1 unspecified atom stereocenters. The second kappa shape index (κ2) is 6.76. The van der Waals surface area contributed by atoms with Crippen molar-refractivity contribution >= 4 is 5.91 Å². The summed E-state index contributed by atoms with van der Waals surface area (Å²) < 4.78 is 0. The molecule has 0 saturated heterocycles. The van der Waals surface area contributed by atoms with Crippen molar-refractivity contribution in [1.82, 2.24) is 10.2 Å². The van der Waals surface area contributed by atoms with Crippen LogP contribution in [0.5, 0.6) is 0 Å². The van der Waals surface area contributed by atoms with E-state index in [1.54, 1.807) is 0 Å². The van der Waals surface area contributed by atoms with E-state index in [9.17, 15) is 10.1 Å². The van der Waals surface area contributed by atoms with Gasteiger partial charge >= 0.3 is 0 Å². The minimum absolute atomic E-state index is 0.0577. The van der Waals surface area contributed by atoms with Crippen molar-refractivity contribution < 1.29 is 9.90 Å². The number of nitrogens with zero attached hydrogens (tertiary/aromatic N) is 2. The quantitative estimate of drug-likeness (QED) is 0.773. The van der Waals surface area contributed by atoms with Gasteiger partial charge < -0.3 is 10.4 Å². The molecule has 0 bridgehead atoms. The van der Waals surface area contributed by atoms with E-state index in [1.807, 2.05) is 14.0 Å². The molecule has 2 aliphatic carbocycles. The van der Waals surface area contributed by atoms with Crippen LogP contribution in [-0.4, -0.2) is 47.7 Å². The Balaban J connectivity index is 1.78. The predicted molar refractivity (Wildman–Crippen MR) is 80.3 cm³/mol. The number of carbonyl (C=O) groups excluding carboxylic acids is 1. The van der Waals surface area contributed by atoms with Crippen molar-refractivity contribution in [3.05, 3.63) is 0 Å². The number of amides is 1. The van der Waals surface area contributed by atoms with E-state index in [0.717, 1.165) is 38.5 Å². The van der Waals surface area contributed by atoms with Gasteiger partial charge in [0.05, 0.1) is 12.6 Å². The molecule has 2 aliphatic rings. The Morgan fingerprint density at radius 2 is 1.95 bits per heavy atom. The van der Waals surface area contributed by atoms with Gasteiger partial charge in [0.25, 0.3) is 0 Å². The van der Waals surface area contributed by atoms with Crippen LogP contribution in [0.4, 0.5) is 0 Å². The molecule has 118 valence electrons. The SMILES string of the molecule is CN(CC(=O)NC(C)(C#N)C1CC1)C1CCC(CO)CC1. The average molecular weight is 293 g/mol. The summed E-state index contributed by atoms with van der Waals surface area (Å²) in [5.74, 6) is 0.690. The van der Waals surface area contributed by atoms with Gasteiger partial charge in [-0.25, -0.2) is 0 Å². The fourth-order valence-corrected chi connectivity index (χ4v) is 3.33. The van der Waals surface area contributed by atoms with E-state index in [2.05, 4.69) is 16.3 Å². The number of carbonyl (C=O) groups is 1. The monoisotopic (exact) mass is 293 g/mol. The molecule has 21 heavy (non-hydrogen) atoms. The number of aliphatic hydroxyl groups is 1. The molecule has 1 atom stereocenters. The fourth-order valence-electron chi connectivity index (χ4n) is 3.33. The van der Waals surface area contributed by atoms with Crippen LogP contribution in [0, 0.1) is 23.2 Å². The molecule has 0 heterocycles. The number of likely N-dealkylation sites (N-methyl/N-ethyl adjacent to an activating group) is 1. The van der Waals surface area contributed by atoms with Crippen molar-refractivity contribution in [3.8, 4) is 6.07 Å². The Hall–Kier alpha value is -1.12. The maximum absolute atomic E-state index is 12.2. The minimum Gasteiger partial charge on any atom is -0.396 e. The molecule has 2 fully saturated rings. The van der Waals surface area contributed by atoms with Gasteiger partial charge in [-0.3, -0.25) is 9.69 Å². The summed E-state index contributed by atoms with van der Waals surface area (Å²) in [6.45, 7) is 2.45. The molecule has 0 aromatic rings. The second-order valence-corrected chi connectivity index (χ2v) is 6.91. The molecule has 2 N–H and O–H groups in total. The van der Waals surface area contributed by atoms with Gasteiger partial charge in [0.2, 0.25) is 5.91 Å². The van der Waals surface area contributed by atoms with Gasteiger partial charge in [-0.05, 0) is 64.3 Å². The Kier molecular flexibility index (Phi) is 5.23. The van der Waals surface area contributed by atoms with Gasteiger partial charge in [0.15, 0.2) is 0 Å². The standard InChI is InChI=1S/C16H27N3O2/c1-16(11-17,13-5-6-13)18-15(21)9-19(2)14-7-3-12(10-20)4-8-14/h12-14,20H,3-10H2,1-2H3,(H,18,21). The van der Waals surface area contributed by atoms with E-state index < -0.39 is 5.54 Å². The Labute approximate surface area is 127 Å². The maximum Gasteiger partial charge on any atom is 0.235 e. The zero-order valence-corrected chi connectivity index (χ0v) is 13.1. The molecule has 0 radical (unpaired) electrons. The normalized spacial score (nSPS) is 28.7. The highest BCUT2D eigenvalue weighted by Crippen LogP contribution is 2.39. The summed E-state index contributed by atoms with van der Waals surface area (Å²) in [5.41, 5.74) is -0.702. The number of rotatable bonds is 6. The van der Waals surface area contributed by atoms with Crippen LogP contribution in [-0.2, 0) is 4.79 Å². The molecule has 0 aromatic carbocycles. The molecule has 2 rings (SSSR count). The van der Waals surface area contributed by atoms with Crippen molar-refractivity contribution in [2.24, 2.45) is 11.8 Å². The number of hydrogen-bond donors (Lipinski definition) is 2. The Bertz CT molecular complexity index is 408.